The van der Waals surface area contributed by atoms with Crippen LogP contribution in [0.25, 0.3) is 11.3 Å². The van der Waals surface area contributed by atoms with Gasteiger partial charge in [-0.05, 0) is 44.5 Å². The summed E-state index contributed by atoms with van der Waals surface area (Å²) in [5.74, 6) is -0.222. The fraction of sp³-hybridized carbons (Fsp3) is 0.200. The van der Waals surface area contributed by atoms with E-state index in [0.717, 1.165) is 32.0 Å². The Morgan fingerprint density at radius 2 is 1.88 bits per heavy atom. The molecule has 0 aliphatic carbocycles. The van der Waals surface area contributed by atoms with Crippen molar-refractivity contribution in [3.63, 3.8) is 0 Å². The molecule has 3 nitrogen and oxygen atoms in total. The quantitative estimate of drug-likeness (QED) is 0.567. The van der Waals surface area contributed by atoms with Crippen molar-refractivity contribution in [2.24, 2.45) is 4.99 Å². The number of halogens is 1. The minimum atomic E-state index is -0.222. The van der Waals surface area contributed by atoms with E-state index in [-0.39, 0.29) is 5.91 Å². The maximum absolute atomic E-state index is 12.5. The highest BCUT2D eigenvalue weighted by Crippen LogP contribution is 2.25. The Balaban J connectivity index is 2.10. The second-order valence-electron chi connectivity index (χ2n) is 5.83. The number of aromatic nitrogens is 1. The Kier molecular flexibility index (Phi) is 5.35. The Hall–Kier alpha value is -1.98. The summed E-state index contributed by atoms with van der Waals surface area (Å²) in [5, 5.41) is 0. The molecule has 2 aromatic carbocycles. The zero-order valence-electron chi connectivity index (χ0n) is 14.4. The molecule has 0 saturated carbocycles. The van der Waals surface area contributed by atoms with Crippen molar-refractivity contribution in [1.82, 2.24) is 4.57 Å². The number of thiazole rings is 1. The van der Waals surface area contributed by atoms with Gasteiger partial charge < -0.3 is 4.57 Å². The molecule has 1 heterocycles. The zero-order chi connectivity index (χ0) is 18.0. The fourth-order valence-electron chi connectivity index (χ4n) is 2.75. The molecule has 0 spiro atoms. The van der Waals surface area contributed by atoms with Crippen LogP contribution >= 0.6 is 27.3 Å². The third kappa shape index (κ3) is 3.83. The number of hydrogen-bond donors (Lipinski definition) is 0. The first-order valence-electron chi connectivity index (χ1n) is 8.11. The SMILES string of the molecule is CCn1c(-c2ccc(C)cc2)c(C)sc1=NC(=O)c1cccc(Br)c1. The fourth-order valence-corrected chi connectivity index (χ4v) is 4.20. The molecule has 25 heavy (non-hydrogen) atoms. The van der Waals surface area contributed by atoms with Gasteiger partial charge in [0.25, 0.3) is 5.91 Å². The van der Waals surface area contributed by atoms with Crippen LogP contribution in [0, 0.1) is 13.8 Å². The second-order valence-corrected chi connectivity index (χ2v) is 7.92. The molecule has 0 saturated heterocycles. The van der Waals surface area contributed by atoms with Gasteiger partial charge in [-0.25, -0.2) is 0 Å². The molecule has 0 bridgehead atoms. The standard InChI is InChI=1S/C20H19BrN2OS/c1-4-23-18(15-10-8-13(2)9-11-15)14(3)25-20(23)22-19(24)16-6-5-7-17(21)12-16/h5-12H,4H2,1-3H3. The van der Waals surface area contributed by atoms with E-state index < -0.39 is 0 Å². The first-order chi connectivity index (χ1) is 12.0. The molecule has 1 amide bonds. The molecule has 3 rings (SSSR count). The van der Waals surface area contributed by atoms with Crippen molar-refractivity contribution in [1.29, 1.82) is 0 Å². The van der Waals surface area contributed by atoms with Crippen LogP contribution in [0.1, 0.15) is 27.7 Å². The van der Waals surface area contributed by atoms with Gasteiger partial charge in [0.05, 0.1) is 5.69 Å². The monoisotopic (exact) mass is 414 g/mol. The van der Waals surface area contributed by atoms with Crippen LogP contribution in [0.15, 0.2) is 58.0 Å². The van der Waals surface area contributed by atoms with Crippen molar-refractivity contribution in [3.8, 4) is 11.3 Å². The van der Waals surface area contributed by atoms with E-state index in [0.29, 0.717) is 5.56 Å². The summed E-state index contributed by atoms with van der Waals surface area (Å²) in [6.07, 6.45) is 0. The van der Waals surface area contributed by atoms with Crippen LogP contribution in [-0.2, 0) is 6.54 Å². The van der Waals surface area contributed by atoms with E-state index >= 15 is 0 Å². The summed E-state index contributed by atoms with van der Waals surface area (Å²) in [7, 11) is 0. The summed E-state index contributed by atoms with van der Waals surface area (Å²) in [5.41, 5.74) is 4.10. The van der Waals surface area contributed by atoms with E-state index in [9.17, 15) is 4.79 Å². The van der Waals surface area contributed by atoms with Gasteiger partial charge in [-0.1, -0.05) is 51.8 Å². The van der Waals surface area contributed by atoms with Gasteiger partial charge in [0, 0.05) is 21.5 Å². The van der Waals surface area contributed by atoms with Crippen molar-refractivity contribution >= 4 is 33.2 Å². The first kappa shape index (κ1) is 17.8. The molecule has 1 aromatic heterocycles. The number of benzene rings is 2. The van der Waals surface area contributed by atoms with E-state index in [1.807, 2.05) is 12.1 Å². The van der Waals surface area contributed by atoms with Gasteiger partial charge in [0.2, 0.25) is 0 Å². The number of rotatable bonds is 3. The highest BCUT2D eigenvalue weighted by atomic mass is 79.9. The maximum Gasteiger partial charge on any atom is 0.279 e. The van der Waals surface area contributed by atoms with Crippen LogP contribution in [0.4, 0.5) is 0 Å². The predicted octanol–water partition coefficient (Wildman–Crippen LogP) is 5.36. The molecule has 0 fully saturated rings. The number of carbonyl (C=O) groups is 1. The van der Waals surface area contributed by atoms with E-state index in [2.05, 4.69) is 70.5 Å². The Morgan fingerprint density at radius 1 is 1.16 bits per heavy atom. The van der Waals surface area contributed by atoms with Gasteiger partial charge in [0.15, 0.2) is 4.80 Å². The van der Waals surface area contributed by atoms with Crippen LogP contribution in [0.3, 0.4) is 0 Å². The van der Waals surface area contributed by atoms with Crippen LogP contribution in [0.5, 0.6) is 0 Å². The molecular weight excluding hydrogens is 396 g/mol. The highest BCUT2D eigenvalue weighted by Gasteiger charge is 2.13. The largest absolute Gasteiger partial charge is 0.316 e. The van der Waals surface area contributed by atoms with Crippen molar-refractivity contribution in [2.75, 3.05) is 0 Å². The van der Waals surface area contributed by atoms with Gasteiger partial charge in [0.1, 0.15) is 0 Å². The summed E-state index contributed by atoms with van der Waals surface area (Å²) >= 11 is 4.96. The summed E-state index contributed by atoms with van der Waals surface area (Å²) in [6, 6.07) is 15.8. The number of nitrogens with zero attached hydrogens (tertiary/aromatic N) is 2. The highest BCUT2D eigenvalue weighted by molar-refractivity contribution is 9.10. The number of aryl methyl sites for hydroxylation is 2. The van der Waals surface area contributed by atoms with Crippen molar-refractivity contribution in [3.05, 3.63) is 73.8 Å². The minimum absolute atomic E-state index is 0.222. The summed E-state index contributed by atoms with van der Waals surface area (Å²) < 4.78 is 2.99. The van der Waals surface area contributed by atoms with Crippen LogP contribution in [0.2, 0.25) is 0 Å². The minimum Gasteiger partial charge on any atom is -0.316 e. The normalized spacial score (nSPS) is 11.8. The van der Waals surface area contributed by atoms with E-state index in [4.69, 9.17) is 0 Å². The molecular formula is C20H19BrN2OS. The summed E-state index contributed by atoms with van der Waals surface area (Å²) in [4.78, 5) is 18.8. The molecule has 0 unspecified atom stereocenters. The molecule has 0 N–H and O–H groups in total. The molecule has 0 aliphatic heterocycles. The number of hydrogen-bond acceptors (Lipinski definition) is 2. The molecule has 0 radical (unpaired) electrons. The molecule has 5 heteroatoms. The third-order valence-electron chi connectivity index (χ3n) is 3.99. The number of carbonyl (C=O) groups excluding carboxylic acids is 1. The first-order valence-corrected chi connectivity index (χ1v) is 9.72. The van der Waals surface area contributed by atoms with E-state index in [1.54, 1.807) is 23.5 Å². The Bertz CT molecular complexity index is 984. The third-order valence-corrected chi connectivity index (χ3v) is 5.48. The lowest BCUT2D eigenvalue weighted by Gasteiger charge is -2.08. The van der Waals surface area contributed by atoms with Crippen molar-refractivity contribution in [2.45, 2.75) is 27.3 Å². The molecule has 3 aromatic rings. The van der Waals surface area contributed by atoms with Gasteiger partial charge in [-0.3, -0.25) is 4.79 Å². The lowest BCUT2D eigenvalue weighted by atomic mass is 10.1. The van der Waals surface area contributed by atoms with Crippen LogP contribution in [-0.4, -0.2) is 10.5 Å². The topological polar surface area (TPSA) is 34.4 Å². The molecule has 0 atom stereocenters. The van der Waals surface area contributed by atoms with Gasteiger partial charge in [-0.15, -0.1) is 11.3 Å². The average Bonchev–Trinajstić information content (AvgIpc) is 2.90. The lowest BCUT2D eigenvalue weighted by Crippen LogP contribution is -2.17. The van der Waals surface area contributed by atoms with Crippen LogP contribution < -0.4 is 4.80 Å². The van der Waals surface area contributed by atoms with Gasteiger partial charge in [-0.2, -0.15) is 4.99 Å². The average molecular weight is 415 g/mol. The smallest absolute Gasteiger partial charge is 0.279 e. The maximum atomic E-state index is 12.5. The molecule has 128 valence electrons. The van der Waals surface area contributed by atoms with E-state index in [1.165, 1.54) is 5.56 Å². The Labute approximate surface area is 159 Å². The number of amides is 1. The predicted molar refractivity (Wildman–Crippen MR) is 107 cm³/mol. The van der Waals surface area contributed by atoms with Crippen molar-refractivity contribution < 1.29 is 4.79 Å². The summed E-state index contributed by atoms with van der Waals surface area (Å²) in [6.45, 7) is 6.99. The lowest BCUT2D eigenvalue weighted by molar-refractivity contribution is 0.0997. The van der Waals surface area contributed by atoms with Gasteiger partial charge >= 0.3 is 0 Å². The second kappa shape index (κ2) is 7.50. The molecule has 0 aliphatic rings. The zero-order valence-corrected chi connectivity index (χ0v) is 16.8. The Morgan fingerprint density at radius 3 is 2.52 bits per heavy atom.